The number of amidine groups is 1. The number of halogens is 1. The van der Waals surface area contributed by atoms with Gasteiger partial charge in [-0.25, -0.2) is 4.99 Å². The SMILES string of the molecule is Cc1ccc(Br)cc1N=C(N)C1CCCC1. The summed E-state index contributed by atoms with van der Waals surface area (Å²) in [7, 11) is 0. The Labute approximate surface area is 105 Å². The minimum Gasteiger partial charge on any atom is -0.387 e. The van der Waals surface area contributed by atoms with Gasteiger partial charge in [-0.2, -0.15) is 0 Å². The van der Waals surface area contributed by atoms with Crippen molar-refractivity contribution in [2.24, 2.45) is 16.6 Å². The molecule has 0 saturated heterocycles. The van der Waals surface area contributed by atoms with Gasteiger partial charge in [0.25, 0.3) is 0 Å². The highest BCUT2D eigenvalue weighted by atomic mass is 79.9. The van der Waals surface area contributed by atoms with Crippen LogP contribution in [0.3, 0.4) is 0 Å². The number of aryl methyl sites for hydroxylation is 1. The zero-order chi connectivity index (χ0) is 11.5. The lowest BCUT2D eigenvalue weighted by molar-refractivity contribution is 0.722. The van der Waals surface area contributed by atoms with Gasteiger partial charge in [0.2, 0.25) is 0 Å². The Morgan fingerprint density at radius 3 is 2.75 bits per heavy atom. The number of benzene rings is 1. The normalized spacial score (nSPS) is 18.0. The van der Waals surface area contributed by atoms with Gasteiger partial charge in [0.1, 0.15) is 5.84 Å². The predicted octanol–water partition coefficient (Wildman–Crippen LogP) is 3.94. The van der Waals surface area contributed by atoms with Crippen molar-refractivity contribution < 1.29 is 0 Å². The number of hydrogen-bond donors (Lipinski definition) is 1. The van der Waals surface area contributed by atoms with E-state index >= 15 is 0 Å². The van der Waals surface area contributed by atoms with Gasteiger partial charge < -0.3 is 5.73 Å². The molecule has 86 valence electrons. The van der Waals surface area contributed by atoms with E-state index in [9.17, 15) is 0 Å². The molecule has 0 spiro atoms. The van der Waals surface area contributed by atoms with Crippen LogP contribution in [0.2, 0.25) is 0 Å². The standard InChI is InChI=1S/C13H17BrN2/c1-9-6-7-11(14)8-12(9)16-13(15)10-4-2-3-5-10/h6-8,10H,2-5H2,1H3,(H2,15,16). The number of aliphatic imine (C=N–C) groups is 1. The van der Waals surface area contributed by atoms with E-state index in [1.807, 2.05) is 12.1 Å². The third kappa shape index (κ3) is 2.64. The largest absolute Gasteiger partial charge is 0.387 e. The molecule has 1 aromatic carbocycles. The second-order valence-electron chi connectivity index (χ2n) is 4.45. The van der Waals surface area contributed by atoms with E-state index < -0.39 is 0 Å². The molecule has 1 aliphatic carbocycles. The van der Waals surface area contributed by atoms with E-state index in [1.165, 1.54) is 31.2 Å². The van der Waals surface area contributed by atoms with Crippen molar-refractivity contribution in [1.82, 2.24) is 0 Å². The number of hydrogen-bond acceptors (Lipinski definition) is 1. The first kappa shape index (κ1) is 11.6. The van der Waals surface area contributed by atoms with Gasteiger partial charge in [-0.05, 0) is 37.5 Å². The smallest absolute Gasteiger partial charge is 0.103 e. The van der Waals surface area contributed by atoms with Crippen LogP contribution in [0, 0.1) is 12.8 Å². The first-order chi connectivity index (χ1) is 7.66. The minimum absolute atomic E-state index is 0.499. The topological polar surface area (TPSA) is 38.4 Å². The van der Waals surface area contributed by atoms with E-state index in [1.54, 1.807) is 0 Å². The lowest BCUT2D eigenvalue weighted by Gasteiger charge is -2.09. The van der Waals surface area contributed by atoms with Crippen molar-refractivity contribution in [3.8, 4) is 0 Å². The highest BCUT2D eigenvalue weighted by molar-refractivity contribution is 9.10. The van der Waals surface area contributed by atoms with Gasteiger partial charge in [0.05, 0.1) is 5.69 Å². The van der Waals surface area contributed by atoms with Crippen molar-refractivity contribution in [2.75, 3.05) is 0 Å². The molecule has 2 N–H and O–H groups in total. The summed E-state index contributed by atoms with van der Waals surface area (Å²) in [5, 5.41) is 0. The van der Waals surface area contributed by atoms with Crippen LogP contribution in [-0.2, 0) is 0 Å². The van der Waals surface area contributed by atoms with Gasteiger partial charge in [0.15, 0.2) is 0 Å². The predicted molar refractivity (Wildman–Crippen MR) is 72.1 cm³/mol. The van der Waals surface area contributed by atoms with Crippen LogP contribution in [0.5, 0.6) is 0 Å². The molecule has 0 aromatic heterocycles. The van der Waals surface area contributed by atoms with Gasteiger partial charge in [-0.3, -0.25) is 0 Å². The first-order valence-electron chi connectivity index (χ1n) is 5.77. The van der Waals surface area contributed by atoms with E-state index in [0.29, 0.717) is 5.92 Å². The molecule has 0 unspecified atom stereocenters. The zero-order valence-corrected chi connectivity index (χ0v) is 11.1. The van der Waals surface area contributed by atoms with Gasteiger partial charge in [-0.15, -0.1) is 0 Å². The Morgan fingerprint density at radius 2 is 2.06 bits per heavy atom. The van der Waals surface area contributed by atoms with Crippen molar-refractivity contribution in [3.05, 3.63) is 28.2 Å². The van der Waals surface area contributed by atoms with Crippen LogP contribution >= 0.6 is 15.9 Å². The van der Waals surface area contributed by atoms with Crippen LogP contribution in [0.15, 0.2) is 27.7 Å². The molecule has 0 heterocycles. The maximum atomic E-state index is 6.06. The fourth-order valence-electron chi connectivity index (χ4n) is 2.15. The molecule has 1 aliphatic rings. The van der Waals surface area contributed by atoms with Crippen molar-refractivity contribution in [2.45, 2.75) is 32.6 Å². The maximum Gasteiger partial charge on any atom is 0.103 e. The van der Waals surface area contributed by atoms with E-state index in [4.69, 9.17) is 5.73 Å². The highest BCUT2D eigenvalue weighted by Crippen LogP contribution is 2.28. The molecule has 1 saturated carbocycles. The zero-order valence-electron chi connectivity index (χ0n) is 9.54. The summed E-state index contributed by atoms with van der Waals surface area (Å²) in [6, 6.07) is 6.11. The van der Waals surface area contributed by atoms with E-state index in [-0.39, 0.29) is 0 Å². The van der Waals surface area contributed by atoms with Crippen LogP contribution in [0.25, 0.3) is 0 Å². The van der Waals surface area contributed by atoms with Gasteiger partial charge in [-0.1, -0.05) is 34.8 Å². The molecule has 3 heteroatoms. The number of nitrogens with two attached hydrogens (primary N) is 1. The molecule has 0 radical (unpaired) electrons. The molecular weight excluding hydrogens is 264 g/mol. The molecule has 16 heavy (non-hydrogen) atoms. The summed E-state index contributed by atoms with van der Waals surface area (Å²) in [6.07, 6.45) is 4.97. The number of nitrogens with zero attached hydrogens (tertiary/aromatic N) is 1. The fourth-order valence-corrected chi connectivity index (χ4v) is 2.50. The van der Waals surface area contributed by atoms with Crippen LogP contribution in [0.4, 0.5) is 5.69 Å². The summed E-state index contributed by atoms with van der Waals surface area (Å²) in [6.45, 7) is 2.06. The third-order valence-electron chi connectivity index (χ3n) is 3.19. The summed E-state index contributed by atoms with van der Waals surface area (Å²) in [4.78, 5) is 4.57. The Balaban J connectivity index is 2.23. The van der Waals surface area contributed by atoms with Gasteiger partial charge in [0, 0.05) is 10.4 Å². The van der Waals surface area contributed by atoms with E-state index in [2.05, 4.69) is 33.9 Å². The molecule has 1 aromatic rings. The Bertz CT molecular complexity index is 406. The minimum atomic E-state index is 0.499. The monoisotopic (exact) mass is 280 g/mol. The molecule has 0 atom stereocenters. The Kier molecular flexibility index (Phi) is 3.64. The Morgan fingerprint density at radius 1 is 1.38 bits per heavy atom. The lowest BCUT2D eigenvalue weighted by atomic mass is 10.1. The van der Waals surface area contributed by atoms with Crippen LogP contribution in [0.1, 0.15) is 31.2 Å². The molecule has 1 fully saturated rings. The van der Waals surface area contributed by atoms with Crippen LogP contribution in [-0.4, -0.2) is 5.84 Å². The summed E-state index contributed by atoms with van der Waals surface area (Å²) >= 11 is 3.46. The number of rotatable bonds is 2. The highest BCUT2D eigenvalue weighted by Gasteiger charge is 2.18. The molecule has 0 bridgehead atoms. The van der Waals surface area contributed by atoms with E-state index in [0.717, 1.165) is 16.0 Å². The molecule has 2 rings (SSSR count). The summed E-state index contributed by atoms with van der Waals surface area (Å²) < 4.78 is 1.05. The van der Waals surface area contributed by atoms with Gasteiger partial charge >= 0.3 is 0 Å². The van der Waals surface area contributed by atoms with Crippen molar-refractivity contribution in [1.29, 1.82) is 0 Å². The fraction of sp³-hybridized carbons (Fsp3) is 0.462. The average molecular weight is 281 g/mol. The lowest BCUT2D eigenvalue weighted by Crippen LogP contribution is -2.20. The quantitative estimate of drug-likeness (QED) is 0.647. The van der Waals surface area contributed by atoms with Crippen molar-refractivity contribution >= 4 is 27.5 Å². The maximum absolute atomic E-state index is 6.06. The molecular formula is C13H17BrN2. The molecule has 0 aliphatic heterocycles. The van der Waals surface area contributed by atoms with Crippen LogP contribution < -0.4 is 5.73 Å². The third-order valence-corrected chi connectivity index (χ3v) is 3.69. The molecule has 2 nitrogen and oxygen atoms in total. The van der Waals surface area contributed by atoms with Crippen molar-refractivity contribution in [3.63, 3.8) is 0 Å². The summed E-state index contributed by atoms with van der Waals surface area (Å²) in [5.74, 6) is 1.30. The second-order valence-corrected chi connectivity index (χ2v) is 5.36. The average Bonchev–Trinajstić information content (AvgIpc) is 2.76. The second kappa shape index (κ2) is 5.00. The Hall–Kier alpha value is -0.830. The summed E-state index contributed by atoms with van der Waals surface area (Å²) in [5.41, 5.74) is 8.22. The molecule has 0 amide bonds. The first-order valence-corrected chi connectivity index (χ1v) is 6.56.